The van der Waals surface area contributed by atoms with Gasteiger partial charge in [0, 0.05) is 19.7 Å². The molecule has 2 rings (SSSR count). The number of amides is 2. The molecule has 0 saturated heterocycles. The number of pyridine rings is 1. The first-order chi connectivity index (χ1) is 14.6. The number of sulfonamides is 1. The van der Waals surface area contributed by atoms with Gasteiger partial charge in [0.2, 0.25) is 5.91 Å². The summed E-state index contributed by atoms with van der Waals surface area (Å²) in [5.41, 5.74) is 0.841. The van der Waals surface area contributed by atoms with Crippen LogP contribution in [0.25, 0.3) is 0 Å². The quantitative estimate of drug-likeness (QED) is 0.561. The molecule has 1 aromatic heterocycles. The molecule has 1 heterocycles. The molecule has 0 aliphatic rings. The van der Waals surface area contributed by atoms with Crippen LogP contribution in [0.5, 0.6) is 0 Å². The molecule has 0 bridgehead atoms. The molecule has 0 aliphatic heterocycles. The van der Waals surface area contributed by atoms with Gasteiger partial charge in [-0.05, 0) is 49.6 Å². The zero-order valence-corrected chi connectivity index (χ0v) is 18.4. The van der Waals surface area contributed by atoms with Crippen molar-refractivity contribution in [2.45, 2.75) is 44.6 Å². The molecule has 0 radical (unpaired) electrons. The Labute approximate surface area is 181 Å². The molecule has 31 heavy (non-hydrogen) atoms. The molecule has 0 spiro atoms. The molecule has 1 aromatic carbocycles. The van der Waals surface area contributed by atoms with E-state index in [1.807, 2.05) is 11.6 Å². The molecule has 166 valence electrons. The fourth-order valence-corrected chi connectivity index (χ4v) is 3.41. The van der Waals surface area contributed by atoms with E-state index in [1.54, 1.807) is 19.1 Å². The summed E-state index contributed by atoms with van der Waals surface area (Å²) < 4.78 is 32.1. The van der Waals surface area contributed by atoms with Crippen LogP contribution in [0.3, 0.4) is 0 Å². The van der Waals surface area contributed by atoms with Crippen LogP contribution in [0.4, 0.5) is 0 Å². The molecule has 0 unspecified atom stereocenters. The fourth-order valence-electron chi connectivity index (χ4n) is 2.43. The predicted octanol–water partition coefficient (Wildman–Crippen LogP) is 1.83. The highest BCUT2D eigenvalue weighted by Crippen LogP contribution is 2.12. The van der Waals surface area contributed by atoms with E-state index in [0.717, 1.165) is 11.8 Å². The summed E-state index contributed by atoms with van der Waals surface area (Å²) in [6, 6.07) is 8.59. The number of esters is 1. The standard InChI is InChI=1S/C21H25N3O6S/c1-4-14(2)30-21(27)19-10-7-17(13-23-19)20(26)24-31(28,29)18-8-5-16(6-9-18)11-12-22-15(3)25/h5-10,13-14H,4,11-12H2,1-3H3,(H,22,25)(H,24,26)/t14-/m0/s1. The number of carbonyl (C=O) groups is 3. The normalized spacial score (nSPS) is 12.0. The van der Waals surface area contributed by atoms with Crippen LogP contribution < -0.4 is 10.0 Å². The van der Waals surface area contributed by atoms with Crippen molar-refractivity contribution < 1.29 is 27.5 Å². The van der Waals surface area contributed by atoms with Crippen LogP contribution in [0.1, 0.15) is 53.6 Å². The van der Waals surface area contributed by atoms with E-state index in [2.05, 4.69) is 10.3 Å². The van der Waals surface area contributed by atoms with E-state index in [-0.39, 0.29) is 28.2 Å². The van der Waals surface area contributed by atoms with Crippen molar-refractivity contribution in [1.29, 1.82) is 0 Å². The first kappa shape index (κ1) is 24.0. The second-order valence-corrected chi connectivity index (χ2v) is 8.55. The highest BCUT2D eigenvalue weighted by Gasteiger charge is 2.20. The van der Waals surface area contributed by atoms with Gasteiger partial charge in [0.05, 0.1) is 16.6 Å². The Morgan fingerprint density at radius 2 is 1.77 bits per heavy atom. The van der Waals surface area contributed by atoms with Crippen molar-refractivity contribution >= 4 is 27.8 Å². The Hall–Kier alpha value is -3.27. The second-order valence-electron chi connectivity index (χ2n) is 6.87. The minimum atomic E-state index is -4.09. The third-order valence-corrected chi connectivity index (χ3v) is 5.71. The van der Waals surface area contributed by atoms with Crippen LogP contribution in [-0.4, -0.2) is 43.8 Å². The number of aromatic nitrogens is 1. The average Bonchev–Trinajstić information content (AvgIpc) is 2.73. The van der Waals surface area contributed by atoms with Gasteiger partial charge >= 0.3 is 5.97 Å². The minimum absolute atomic E-state index is 0.0180. The van der Waals surface area contributed by atoms with Gasteiger partial charge in [0.15, 0.2) is 0 Å². The minimum Gasteiger partial charge on any atom is -0.458 e. The largest absolute Gasteiger partial charge is 0.458 e. The van der Waals surface area contributed by atoms with Crippen molar-refractivity contribution in [1.82, 2.24) is 15.0 Å². The summed E-state index contributed by atoms with van der Waals surface area (Å²) in [6.07, 6.45) is 2.05. The number of carbonyl (C=O) groups excluding carboxylic acids is 3. The third-order valence-electron chi connectivity index (χ3n) is 4.37. The smallest absolute Gasteiger partial charge is 0.357 e. The summed E-state index contributed by atoms with van der Waals surface area (Å²) in [5.74, 6) is -1.63. The van der Waals surface area contributed by atoms with E-state index in [0.29, 0.717) is 19.4 Å². The second kappa shape index (κ2) is 10.7. The van der Waals surface area contributed by atoms with E-state index < -0.39 is 21.9 Å². The van der Waals surface area contributed by atoms with E-state index in [9.17, 15) is 22.8 Å². The molecule has 2 N–H and O–H groups in total. The topological polar surface area (TPSA) is 132 Å². The number of rotatable bonds is 9. The van der Waals surface area contributed by atoms with Crippen LogP contribution in [-0.2, 0) is 26.0 Å². The zero-order valence-electron chi connectivity index (χ0n) is 17.5. The van der Waals surface area contributed by atoms with Gasteiger partial charge in [-0.2, -0.15) is 0 Å². The number of hydrogen-bond acceptors (Lipinski definition) is 7. The van der Waals surface area contributed by atoms with Gasteiger partial charge in [-0.1, -0.05) is 19.1 Å². The lowest BCUT2D eigenvalue weighted by Gasteiger charge is -2.10. The first-order valence-corrected chi connectivity index (χ1v) is 11.2. The van der Waals surface area contributed by atoms with Crippen LogP contribution in [0.15, 0.2) is 47.5 Å². The van der Waals surface area contributed by atoms with E-state index in [4.69, 9.17) is 4.74 Å². The molecule has 2 aromatic rings. The Balaban J connectivity index is 2.02. The SMILES string of the molecule is CC[C@H](C)OC(=O)c1ccc(C(=O)NS(=O)(=O)c2ccc(CCNC(C)=O)cc2)cn1. The van der Waals surface area contributed by atoms with Crippen molar-refractivity contribution in [3.05, 3.63) is 59.4 Å². The zero-order chi connectivity index (χ0) is 23.0. The molecule has 0 aliphatic carbocycles. The number of nitrogens with one attached hydrogen (secondary N) is 2. The Bertz CT molecular complexity index is 1030. The highest BCUT2D eigenvalue weighted by molar-refractivity contribution is 7.90. The Morgan fingerprint density at radius 1 is 1.10 bits per heavy atom. The van der Waals surface area contributed by atoms with Crippen LogP contribution in [0, 0.1) is 0 Å². The Morgan fingerprint density at radius 3 is 2.32 bits per heavy atom. The average molecular weight is 448 g/mol. The van der Waals surface area contributed by atoms with Crippen molar-refractivity contribution in [3.8, 4) is 0 Å². The van der Waals surface area contributed by atoms with Crippen molar-refractivity contribution in [2.75, 3.05) is 6.54 Å². The maximum atomic E-state index is 12.5. The predicted molar refractivity (Wildman–Crippen MR) is 113 cm³/mol. The molecule has 2 amide bonds. The third kappa shape index (κ3) is 7.18. The lowest BCUT2D eigenvalue weighted by molar-refractivity contribution is -0.118. The lowest BCUT2D eigenvalue weighted by Crippen LogP contribution is -2.30. The lowest BCUT2D eigenvalue weighted by atomic mass is 10.1. The summed E-state index contributed by atoms with van der Waals surface area (Å²) in [7, 11) is -4.09. The fraction of sp³-hybridized carbons (Fsp3) is 0.333. The van der Waals surface area contributed by atoms with Gasteiger partial charge in [-0.25, -0.2) is 22.9 Å². The summed E-state index contributed by atoms with van der Waals surface area (Å²) in [6.45, 7) is 5.48. The molecular formula is C21H25N3O6S. The maximum Gasteiger partial charge on any atom is 0.357 e. The monoisotopic (exact) mass is 447 g/mol. The van der Waals surface area contributed by atoms with Gasteiger partial charge in [0.1, 0.15) is 5.69 Å². The summed E-state index contributed by atoms with van der Waals surface area (Å²) in [5, 5.41) is 2.66. The highest BCUT2D eigenvalue weighted by atomic mass is 32.2. The van der Waals surface area contributed by atoms with Crippen LogP contribution in [0.2, 0.25) is 0 Å². The van der Waals surface area contributed by atoms with Crippen LogP contribution >= 0.6 is 0 Å². The molecule has 9 nitrogen and oxygen atoms in total. The number of hydrogen-bond donors (Lipinski definition) is 2. The number of ether oxygens (including phenoxy) is 1. The van der Waals surface area contributed by atoms with E-state index >= 15 is 0 Å². The molecule has 0 saturated carbocycles. The Kier molecular flexibility index (Phi) is 8.26. The van der Waals surface area contributed by atoms with Gasteiger partial charge in [0.25, 0.3) is 15.9 Å². The number of nitrogens with zero attached hydrogens (tertiary/aromatic N) is 1. The van der Waals surface area contributed by atoms with Crippen molar-refractivity contribution in [3.63, 3.8) is 0 Å². The van der Waals surface area contributed by atoms with Gasteiger partial charge in [-0.3, -0.25) is 9.59 Å². The summed E-state index contributed by atoms with van der Waals surface area (Å²) >= 11 is 0. The number of benzene rings is 1. The summed E-state index contributed by atoms with van der Waals surface area (Å²) in [4.78, 5) is 39.0. The molecule has 0 fully saturated rings. The van der Waals surface area contributed by atoms with E-state index in [1.165, 1.54) is 31.2 Å². The first-order valence-electron chi connectivity index (χ1n) is 9.70. The maximum absolute atomic E-state index is 12.5. The van der Waals surface area contributed by atoms with Crippen molar-refractivity contribution in [2.24, 2.45) is 0 Å². The van der Waals surface area contributed by atoms with Gasteiger partial charge in [-0.15, -0.1) is 0 Å². The molecular weight excluding hydrogens is 422 g/mol. The molecule has 1 atom stereocenters. The van der Waals surface area contributed by atoms with Gasteiger partial charge < -0.3 is 10.1 Å². The molecule has 10 heteroatoms.